The van der Waals surface area contributed by atoms with E-state index in [1.807, 2.05) is 70.8 Å². The van der Waals surface area contributed by atoms with Crippen LogP contribution in [-0.2, 0) is 31.7 Å². The topological polar surface area (TPSA) is 48.0 Å². The molecule has 1 aliphatic rings. The number of halogens is 1. The van der Waals surface area contributed by atoms with Crippen molar-refractivity contribution in [3.8, 4) is 0 Å². The van der Waals surface area contributed by atoms with Gasteiger partial charge in [0.2, 0.25) is 5.91 Å². The van der Waals surface area contributed by atoms with Crippen molar-refractivity contribution in [1.82, 2.24) is 4.90 Å². The summed E-state index contributed by atoms with van der Waals surface area (Å²) in [6, 6.07) is 20.1. The van der Waals surface area contributed by atoms with E-state index in [2.05, 4.69) is 68.6 Å². The SMILES string of the molecule is CC(C)(C)[Si](C)(C)O[C@H](/C=C/COCc1ccccc1)[C@H](C/C=C\I)C(=O)N1C(=S)OC[C@@H]1Cc1ccccc1. The van der Waals surface area contributed by atoms with Gasteiger partial charge in [0.05, 0.1) is 31.3 Å². The van der Waals surface area contributed by atoms with Crippen molar-refractivity contribution < 1.29 is 18.7 Å². The molecule has 0 saturated carbocycles. The molecule has 1 aliphatic heterocycles. The van der Waals surface area contributed by atoms with Crippen LogP contribution < -0.4 is 0 Å². The molecule has 0 unspecified atom stereocenters. The monoisotopic (exact) mass is 691 g/mol. The van der Waals surface area contributed by atoms with Gasteiger partial charge in [-0.05, 0) is 58.4 Å². The average Bonchev–Trinajstić information content (AvgIpc) is 3.28. The summed E-state index contributed by atoms with van der Waals surface area (Å²) in [6.45, 7) is 12.4. The first-order valence-corrected chi connectivity index (χ1v) is 18.3. The van der Waals surface area contributed by atoms with Crippen molar-refractivity contribution in [3.63, 3.8) is 0 Å². The normalized spacial score (nSPS) is 17.9. The Balaban J connectivity index is 1.85. The Morgan fingerprint density at radius 3 is 2.33 bits per heavy atom. The lowest BCUT2D eigenvalue weighted by Crippen LogP contribution is -2.50. The van der Waals surface area contributed by atoms with Crippen LogP contribution in [0, 0.1) is 5.92 Å². The Bertz CT molecular complexity index is 1150. The average molecular weight is 692 g/mol. The number of hydrogen-bond donors (Lipinski definition) is 0. The molecule has 0 aliphatic carbocycles. The van der Waals surface area contributed by atoms with Crippen LogP contribution in [0.25, 0.3) is 0 Å². The van der Waals surface area contributed by atoms with Crippen LogP contribution in [0.3, 0.4) is 0 Å². The van der Waals surface area contributed by atoms with E-state index in [1.54, 1.807) is 4.90 Å². The molecule has 216 valence electrons. The molecule has 1 heterocycles. The highest BCUT2D eigenvalue weighted by molar-refractivity contribution is 14.1. The lowest BCUT2D eigenvalue weighted by atomic mass is 9.95. The van der Waals surface area contributed by atoms with Crippen molar-refractivity contribution in [2.45, 2.75) is 70.5 Å². The zero-order valence-corrected chi connectivity index (χ0v) is 28.2. The van der Waals surface area contributed by atoms with Gasteiger partial charge in [-0.3, -0.25) is 9.69 Å². The van der Waals surface area contributed by atoms with Gasteiger partial charge in [-0.1, -0.05) is 122 Å². The maximum absolute atomic E-state index is 14.3. The first-order valence-electron chi connectivity index (χ1n) is 13.8. The summed E-state index contributed by atoms with van der Waals surface area (Å²) in [5, 5.41) is 0.230. The van der Waals surface area contributed by atoms with Crippen molar-refractivity contribution in [2.75, 3.05) is 13.2 Å². The third-order valence-electron chi connectivity index (χ3n) is 7.59. The second-order valence-corrected chi connectivity index (χ2v) is 17.4. The number of rotatable bonds is 13. The molecule has 5 nitrogen and oxygen atoms in total. The fourth-order valence-corrected chi connectivity index (χ4v) is 6.18. The number of allylic oxidation sites excluding steroid dienone is 1. The molecule has 8 heteroatoms. The van der Waals surface area contributed by atoms with Crippen LogP contribution in [0.15, 0.2) is 83.0 Å². The van der Waals surface area contributed by atoms with Crippen LogP contribution in [0.2, 0.25) is 18.1 Å². The van der Waals surface area contributed by atoms with E-state index < -0.39 is 20.3 Å². The van der Waals surface area contributed by atoms with Gasteiger partial charge in [-0.25, -0.2) is 0 Å². The first-order chi connectivity index (χ1) is 19.0. The van der Waals surface area contributed by atoms with E-state index in [-0.39, 0.29) is 22.2 Å². The number of carbonyl (C=O) groups is 1. The zero-order valence-electron chi connectivity index (χ0n) is 24.2. The lowest BCUT2D eigenvalue weighted by Gasteiger charge is -2.41. The summed E-state index contributed by atoms with van der Waals surface area (Å²) in [5.41, 5.74) is 2.27. The van der Waals surface area contributed by atoms with Gasteiger partial charge in [-0.2, -0.15) is 0 Å². The zero-order chi connectivity index (χ0) is 29.2. The highest BCUT2D eigenvalue weighted by Gasteiger charge is 2.44. The Hall–Kier alpha value is -1.85. The molecule has 1 fully saturated rings. The van der Waals surface area contributed by atoms with E-state index in [1.165, 1.54) is 0 Å². The third kappa shape index (κ3) is 9.34. The maximum atomic E-state index is 14.3. The van der Waals surface area contributed by atoms with Crippen molar-refractivity contribution >= 4 is 54.2 Å². The predicted octanol–water partition coefficient (Wildman–Crippen LogP) is 7.86. The third-order valence-corrected chi connectivity index (χ3v) is 12.9. The standard InChI is InChI=1S/C32H42INO4SSi/c1-32(2,3)40(4,5)38-29(19-13-21-36-23-26-16-10-7-11-17-26)28(18-12-20-33)30(35)34-27(24-37-31(34)39)22-25-14-8-6-9-15-25/h6-17,19-20,27-29H,18,21-24H2,1-5H3/b19-13+,20-12-/t27-,28-,29+/m0/s1. The smallest absolute Gasteiger partial charge is 0.266 e. The number of amides is 1. The van der Waals surface area contributed by atoms with Crippen LogP contribution in [-0.4, -0.2) is 49.7 Å². The summed E-state index contributed by atoms with van der Waals surface area (Å²) in [5.74, 6) is -0.514. The van der Waals surface area contributed by atoms with Crippen LogP contribution in [0.5, 0.6) is 0 Å². The number of ether oxygens (including phenoxy) is 2. The minimum atomic E-state index is -2.22. The van der Waals surface area contributed by atoms with Gasteiger partial charge in [0.1, 0.15) is 6.61 Å². The molecule has 2 aromatic carbocycles. The summed E-state index contributed by atoms with van der Waals surface area (Å²) in [4.78, 5) is 16.0. The lowest BCUT2D eigenvalue weighted by molar-refractivity contribution is -0.134. The molecule has 0 N–H and O–H groups in total. The minimum Gasteiger partial charge on any atom is -0.468 e. The second-order valence-electron chi connectivity index (χ2n) is 11.6. The molecule has 0 spiro atoms. The van der Waals surface area contributed by atoms with Crippen LogP contribution >= 0.6 is 34.8 Å². The molecule has 0 aromatic heterocycles. The molecule has 1 saturated heterocycles. The number of benzene rings is 2. The molecule has 40 heavy (non-hydrogen) atoms. The number of nitrogens with zero attached hydrogens (tertiary/aromatic N) is 1. The molecular weight excluding hydrogens is 649 g/mol. The molecule has 0 bridgehead atoms. The van der Waals surface area contributed by atoms with Gasteiger partial charge in [0.15, 0.2) is 8.32 Å². The van der Waals surface area contributed by atoms with Crippen molar-refractivity contribution in [1.29, 1.82) is 0 Å². The van der Waals surface area contributed by atoms with Gasteiger partial charge in [-0.15, -0.1) is 0 Å². The Kier molecular flexibility index (Phi) is 12.6. The van der Waals surface area contributed by atoms with Crippen LogP contribution in [0.4, 0.5) is 0 Å². The van der Waals surface area contributed by atoms with E-state index in [0.717, 1.165) is 11.1 Å². The van der Waals surface area contributed by atoms with Gasteiger partial charge in [0, 0.05) is 0 Å². The minimum absolute atomic E-state index is 0.0164. The Labute approximate surface area is 260 Å². The highest BCUT2D eigenvalue weighted by Crippen LogP contribution is 2.39. The number of thiocarbonyl (C=S) groups is 1. The van der Waals surface area contributed by atoms with Gasteiger partial charge < -0.3 is 13.9 Å². The predicted molar refractivity (Wildman–Crippen MR) is 178 cm³/mol. The molecule has 3 rings (SSSR count). The van der Waals surface area contributed by atoms with E-state index in [4.69, 9.17) is 26.1 Å². The second kappa shape index (κ2) is 15.4. The summed E-state index contributed by atoms with van der Waals surface area (Å²) in [7, 11) is -2.22. The summed E-state index contributed by atoms with van der Waals surface area (Å²) < 4.78 is 20.5. The first kappa shape index (κ1) is 32.7. The van der Waals surface area contributed by atoms with Gasteiger partial charge >= 0.3 is 0 Å². The maximum Gasteiger partial charge on any atom is 0.266 e. The molecule has 3 atom stereocenters. The van der Waals surface area contributed by atoms with Crippen LogP contribution in [0.1, 0.15) is 38.3 Å². The number of hydrogen-bond acceptors (Lipinski definition) is 5. The van der Waals surface area contributed by atoms with E-state index in [9.17, 15) is 4.79 Å². The summed E-state index contributed by atoms with van der Waals surface area (Å²) in [6.07, 6.45) is 6.81. The van der Waals surface area contributed by atoms with E-state index in [0.29, 0.717) is 32.7 Å². The van der Waals surface area contributed by atoms with Crippen molar-refractivity contribution in [3.05, 3.63) is 94.1 Å². The van der Waals surface area contributed by atoms with Crippen molar-refractivity contribution in [2.24, 2.45) is 5.92 Å². The van der Waals surface area contributed by atoms with Gasteiger partial charge in [0.25, 0.3) is 5.17 Å². The Morgan fingerprint density at radius 1 is 1.10 bits per heavy atom. The molecule has 2 aromatic rings. The fraction of sp³-hybridized carbons (Fsp3) is 0.438. The largest absolute Gasteiger partial charge is 0.468 e. The summed E-state index contributed by atoms with van der Waals surface area (Å²) >= 11 is 7.76. The van der Waals surface area contributed by atoms with E-state index >= 15 is 0 Å². The molecule has 0 radical (unpaired) electrons. The highest BCUT2D eigenvalue weighted by atomic mass is 127. The molecular formula is C32H42INO4SSi. The quantitative estimate of drug-likeness (QED) is 0.0704. The Morgan fingerprint density at radius 2 is 1.73 bits per heavy atom. The number of carbonyl (C=O) groups excluding carboxylic acids is 1. The molecule has 1 amide bonds. The fourth-order valence-electron chi connectivity index (χ4n) is 4.30.